The van der Waals surface area contributed by atoms with Gasteiger partial charge in [-0.1, -0.05) is 15.9 Å². The van der Waals surface area contributed by atoms with Gasteiger partial charge in [-0.2, -0.15) is 4.98 Å². The van der Waals surface area contributed by atoms with Crippen molar-refractivity contribution in [2.45, 2.75) is 13.8 Å². The number of anilines is 2. The Morgan fingerprint density at radius 2 is 2.05 bits per heavy atom. The maximum absolute atomic E-state index is 5.40. The van der Waals surface area contributed by atoms with Crippen LogP contribution in [-0.2, 0) is 4.74 Å². The van der Waals surface area contributed by atoms with Gasteiger partial charge in [0.05, 0.1) is 25.5 Å². The first-order valence-corrected chi connectivity index (χ1v) is 7.80. The van der Waals surface area contributed by atoms with E-state index in [4.69, 9.17) is 9.72 Å². The molecular formula is C14H19BrN4O. The van der Waals surface area contributed by atoms with Crippen LogP contribution >= 0.6 is 15.9 Å². The standard InChI is InChI=1S/C14H19BrN4O/c1-3-18-9-11(15)8-12-10(2)16-14(17-13(12)18)19-4-6-20-7-5-19/h8H,3-7,9H2,1-2H3. The summed E-state index contributed by atoms with van der Waals surface area (Å²) in [5.74, 6) is 1.87. The van der Waals surface area contributed by atoms with Crippen molar-refractivity contribution in [1.29, 1.82) is 0 Å². The Morgan fingerprint density at radius 3 is 2.75 bits per heavy atom. The zero-order valence-corrected chi connectivity index (χ0v) is 13.5. The predicted molar refractivity (Wildman–Crippen MR) is 84.6 cm³/mol. The molecule has 1 fully saturated rings. The minimum Gasteiger partial charge on any atom is -0.378 e. The van der Waals surface area contributed by atoms with Crippen LogP contribution in [0.1, 0.15) is 18.2 Å². The number of rotatable bonds is 2. The van der Waals surface area contributed by atoms with E-state index < -0.39 is 0 Å². The van der Waals surface area contributed by atoms with Crippen molar-refractivity contribution in [2.24, 2.45) is 0 Å². The highest BCUT2D eigenvalue weighted by Gasteiger charge is 2.23. The molecule has 0 spiro atoms. The van der Waals surface area contributed by atoms with Crippen molar-refractivity contribution >= 4 is 33.8 Å². The highest BCUT2D eigenvalue weighted by atomic mass is 79.9. The molecule has 0 unspecified atom stereocenters. The SMILES string of the molecule is CCN1CC(Br)=Cc2c(C)nc(N3CCOCC3)nc21. The fourth-order valence-corrected chi connectivity index (χ4v) is 3.12. The third-order valence-corrected chi connectivity index (χ3v) is 4.20. The summed E-state index contributed by atoms with van der Waals surface area (Å²) in [5.41, 5.74) is 2.16. The Morgan fingerprint density at radius 1 is 1.30 bits per heavy atom. The normalized spacial score (nSPS) is 18.9. The van der Waals surface area contributed by atoms with Crippen LogP contribution in [0.4, 0.5) is 11.8 Å². The molecule has 0 bridgehead atoms. The Bertz CT molecular complexity index is 540. The molecule has 0 amide bonds. The molecular weight excluding hydrogens is 320 g/mol. The van der Waals surface area contributed by atoms with E-state index in [9.17, 15) is 0 Å². The summed E-state index contributed by atoms with van der Waals surface area (Å²) >= 11 is 3.61. The van der Waals surface area contributed by atoms with Gasteiger partial charge in [-0.15, -0.1) is 0 Å². The smallest absolute Gasteiger partial charge is 0.227 e. The first kappa shape index (κ1) is 13.8. The second-order valence-corrected chi connectivity index (χ2v) is 6.07. The van der Waals surface area contributed by atoms with Gasteiger partial charge in [-0.3, -0.25) is 0 Å². The first-order chi connectivity index (χ1) is 9.69. The quantitative estimate of drug-likeness (QED) is 0.826. The number of morpholine rings is 1. The van der Waals surface area contributed by atoms with Crippen molar-refractivity contribution in [3.8, 4) is 0 Å². The lowest BCUT2D eigenvalue weighted by Crippen LogP contribution is -2.38. The Hall–Kier alpha value is -1.14. The van der Waals surface area contributed by atoms with Gasteiger partial charge in [0.25, 0.3) is 0 Å². The summed E-state index contributed by atoms with van der Waals surface area (Å²) in [6.07, 6.45) is 2.14. The molecule has 5 nitrogen and oxygen atoms in total. The van der Waals surface area contributed by atoms with E-state index in [0.29, 0.717) is 0 Å². The Kier molecular flexibility index (Phi) is 3.94. The van der Waals surface area contributed by atoms with Crippen LogP contribution in [-0.4, -0.2) is 49.4 Å². The zero-order valence-electron chi connectivity index (χ0n) is 11.9. The molecule has 0 radical (unpaired) electrons. The number of likely N-dealkylation sites (N-methyl/N-ethyl adjacent to an activating group) is 1. The lowest BCUT2D eigenvalue weighted by atomic mass is 10.1. The largest absolute Gasteiger partial charge is 0.378 e. The van der Waals surface area contributed by atoms with Gasteiger partial charge >= 0.3 is 0 Å². The van der Waals surface area contributed by atoms with Gasteiger partial charge < -0.3 is 14.5 Å². The summed E-state index contributed by atoms with van der Waals surface area (Å²) in [7, 11) is 0. The summed E-state index contributed by atoms with van der Waals surface area (Å²) in [5, 5.41) is 0. The van der Waals surface area contributed by atoms with Gasteiger partial charge in [0, 0.05) is 29.7 Å². The molecule has 2 aliphatic rings. The van der Waals surface area contributed by atoms with Crippen LogP contribution < -0.4 is 9.80 Å². The first-order valence-electron chi connectivity index (χ1n) is 7.01. The maximum atomic E-state index is 5.40. The lowest BCUT2D eigenvalue weighted by molar-refractivity contribution is 0.122. The fraction of sp³-hybridized carbons (Fsp3) is 0.571. The number of aryl methyl sites for hydroxylation is 1. The molecule has 0 N–H and O–H groups in total. The highest BCUT2D eigenvalue weighted by molar-refractivity contribution is 9.11. The van der Waals surface area contributed by atoms with E-state index in [0.717, 1.165) is 62.4 Å². The zero-order chi connectivity index (χ0) is 14.1. The van der Waals surface area contributed by atoms with Crippen LogP contribution in [0, 0.1) is 6.92 Å². The lowest BCUT2D eigenvalue weighted by Gasteiger charge is -2.31. The molecule has 2 aliphatic heterocycles. The summed E-state index contributed by atoms with van der Waals surface area (Å²) in [4.78, 5) is 14.0. The molecule has 3 rings (SSSR count). The second kappa shape index (κ2) is 5.69. The summed E-state index contributed by atoms with van der Waals surface area (Å²) < 4.78 is 6.58. The number of hydrogen-bond acceptors (Lipinski definition) is 5. The van der Waals surface area contributed by atoms with Crippen molar-refractivity contribution < 1.29 is 4.74 Å². The predicted octanol–water partition coefficient (Wildman–Crippen LogP) is 2.20. The molecule has 0 aliphatic carbocycles. The monoisotopic (exact) mass is 338 g/mol. The number of hydrogen-bond donors (Lipinski definition) is 0. The minimum atomic E-state index is 0.752. The Balaban J connectivity index is 2.01. The molecule has 1 aromatic heterocycles. The molecule has 0 aromatic carbocycles. The van der Waals surface area contributed by atoms with E-state index in [1.807, 2.05) is 0 Å². The fourth-order valence-electron chi connectivity index (χ4n) is 2.59. The van der Waals surface area contributed by atoms with Gasteiger partial charge in [-0.25, -0.2) is 4.98 Å². The molecule has 6 heteroatoms. The van der Waals surface area contributed by atoms with E-state index in [-0.39, 0.29) is 0 Å². The molecule has 108 valence electrons. The van der Waals surface area contributed by atoms with Crippen LogP contribution in [0.5, 0.6) is 0 Å². The molecule has 0 atom stereocenters. The van der Waals surface area contributed by atoms with Gasteiger partial charge in [0.15, 0.2) is 0 Å². The number of aromatic nitrogens is 2. The average Bonchev–Trinajstić information content (AvgIpc) is 2.48. The van der Waals surface area contributed by atoms with E-state index in [1.54, 1.807) is 0 Å². The van der Waals surface area contributed by atoms with Crippen LogP contribution in [0.15, 0.2) is 4.48 Å². The molecule has 0 saturated carbocycles. The van der Waals surface area contributed by atoms with Crippen molar-refractivity contribution in [3.05, 3.63) is 15.7 Å². The van der Waals surface area contributed by atoms with Gasteiger partial charge in [0.2, 0.25) is 5.95 Å². The Labute approximate surface area is 127 Å². The van der Waals surface area contributed by atoms with Crippen LogP contribution in [0.25, 0.3) is 6.08 Å². The number of halogens is 1. The second-order valence-electron chi connectivity index (χ2n) is 5.05. The minimum absolute atomic E-state index is 0.752. The van der Waals surface area contributed by atoms with E-state index in [1.165, 1.54) is 4.48 Å². The summed E-state index contributed by atoms with van der Waals surface area (Å²) in [6.45, 7) is 9.26. The van der Waals surface area contributed by atoms with E-state index in [2.05, 4.69) is 50.6 Å². The number of fused-ring (bicyclic) bond motifs is 1. The van der Waals surface area contributed by atoms with Gasteiger partial charge in [0.1, 0.15) is 5.82 Å². The van der Waals surface area contributed by atoms with Crippen molar-refractivity contribution in [2.75, 3.05) is 49.2 Å². The topological polar surface area (TPSA) is 41.5 Å². The molecule has 20 heavy (non-hydrogen) atoms. The molecule has 1 aromatic rings. The summed E-state index contributed by atoms with van der Waals surface area (Å²) in [6, 6.07) is 0. The van der Waals surface area contributed by atoms with Gasteiger partial charge in [-0.05, 0) is 19.9 Å². The van der Waals surface area contributed by atoms with Crippen molar-refractivity contribution in [1.82, 2.24) is 9.97 Å². The number of ether oxygens (including phenoxy) is 1. The van der Waals surface area contributed by atoms with E-state index >= 15 is 0 Å². The van der Waals surface area contributed by atoms with Crippen LogP contribution in [0.2, 0.25) is 0 Å². The molecule has 1 saturated heterocycles. The third-order valence-electron chi connectivity index (χ3n) is 3.72. The average molecular weight is 339 g/mol. The van der Waals surface area contributed by atoms with Crippen molar-refractivity contribution in [3.63, 3.8) is 0 Å². The highest BCUT2D eigenvalue weighted by Crippen LogP contribution is 2.32. The number of nitrogens with zero attached hydrogens (tertiary/aromatic N) is 4. The molecule has 3 heterocycles. The van der Waals surface area contributed by atoms with Crippen LogP contribution in [0.3, 0.4) is 0 Å². The third kappa shape index (κ3) is 2.54. The maximum Gasteiger partial charge on any atom is 0.227 e.